The zero-order valence-electron chi connectivity index (χ0n) is 15.9. The van der Waals surface area contributed by atoms with Crippen LogP contribution in [0.5, 0.6) is 0 Å². The van der Waals surface area contributed by atoms with E-state index in [1.54, 1.807) is 18.7 Å². The largest absolute Gasteiger partial charge is 0.481 e. The van der Waals surface area contributed by atoms with Crippen LogP contribution in [-0.2, 0) is 26.4 Å². The number of hydrogen-bond acceptors (Lipinski definition) is 5. The normalized spacial score (nSPS) is 15.2. The standard InChI is InChI=1S/C8H15NO4S.C8H15NO2S/c1-3-9(4-2)8(12)14(13)6-5-7(10)11;1-3-9(4-2)8(10)12(11)7-5-6-7/h3-6H2,1-2H3,(H,10,11);7H,3-6H2,1-2H3. The Morgan fingerprint density at radius 2 is 1.31 bits per heavy atom. The summed E-state index contributed by atoms with van der Waals surface area (Å²) in [5.74, 6) is -1.14. The van der Waals surface area contributed by atoms with Gasteiger partial charge in [0.05, 0.1) is 6.42 Å². The maximum absolute atomic E-state index is 11.4. The number of aliphatic carboxylic acids is 1. The SMILES string of the molecule is CCN(CC)C(=O)S(=O)C1CC1.CCN(CC)C(=O)S(=O)CCC(=O)O. The lowest BCUT2D eigenvalue weighted by Crippen LogP contribution is -2.33. The van der Waals surface area contributed by atoms with Gasteiger partial charge in [-0.25, -0.2) is 8.42 Å². The molecule has 1 fully saturated rings. The van der Waals surface area contributed by atoms with E-state index in [4.69, 9.17) is 5.11 Å². The predicted molar refractivity (Wildman–Crippen MR) is 103 cm³/mol. The molecule has 0 aromatic carbocycles. The van der Waals surface area contributed by atoms with Crippen molar-refractivity contribution in [1.29, 1.82) is 0 Å². The van der Waals surface area contributed by atoms with Crippen LogP contribution in [-0.4, -0.2) is 77.0 Å². The fourth-order valence-corrected chi connectivity index (χ4v) is 4.37. The van der Waals surface area contributed by atoms with Crippen molar-refractivity contribution in [2.75, 3.05) is 31.9 Å². The summed E-state index contributed by atoms with van der Waals surface area (Å²) in [6.45, 7) is 9.70. The number of carboxylic acid groups (broad SMARTS) is 1. The molecule has 0 bridgehead atoms. The first-order valence-corrected chi connectivity index (χ1v) is 11.3. The summed E-state index contributed by atoms with van der Waals surface area (Å²) in [4.78, 5) is 36.0. The summed E-state index contributed by atoms with van der Waals surface area (Å²) in [6.07, 6.45) is 1.68. The molecule has 0 saturated heterocycles. The van der Waals surface area contributed by atoms with Crippen molar-refractivity contribution in [3.63, 3.8) is 0 Å². The Bertz CT molecular complexity index is 529. The summed E-state index contributed by atoms with van der Waals surface area (Å²) in [7, 11) is -2.96. The number of carbonyl (C=O) groups is 3. The zero-order chi connectivity index (χ0) is 20.3. The van der Waals surface area contributed by atoms with Crippen molar-refractivity contribution in [2.24, 2.45) is 0 Å². The van der Waals surface area contributed by atoms with Crippen molar-refractivity contribution in [1.82, 2.24) is 9.80 Å². The topological polar surface area (TPSA) is 112 Å². The van der Waals surface area contributed by atoms with Gasteiger partial charge in [-0.3, -0.25) is 14.4 Å². The van der Waals surface area contributed by atoms with E-state index in [2.05, 4.69) is 0 Å². The Hall–Kier alpha value is -1.29. The van der Waals surface area contributed by atoms with Gasteiger partial charge in [0.1, 0.15) is 21.6 Å². The molecular formula is C16H30N2O6S2. The molecule has 2 atom stereocenters. The highest BCUT2D eigenvalue weighted by molar-refractivity contribution is 8.01. The van der Waals surface area contributed by atoms with Crippen LogP contribution < -0.4 is 0 Å². The third-order valence-electron chi connectivity index (χ3n) is 3.74. The molecule has 10 heteroatoms. The van der Waals surface area contributed by atoms with Crippen LogP contribution in [0.4, 0.5) is 9.59 Å². The summed E-state index contributed by atoms with van der Waals surface area (Å²) >= 11 is 0. The zero-order valence-corrected chi connectivity index (χ0v) is 17.6. The fraction of sp³-hybridized carbons (Fsp3) is 0.812. The Balaban J connectivity index is 0.000000485. The average molecular weight is 411 g/mol. The van der Waals surface area contributed by atoms with Crippen LogP contribution in [0.3, 0.4) is 0 Å². The Morgan fingerprint density at radius 3 is 1.65 bits per heavy atom. The first kappa shape index (κ1) is 24.7. The first-order valence-electron chi connectivity index (χ1n) is 8.81. The van der Waals surface area contributed by atoms with Gasteiger partial charge in [0.25, 0.3) is 0 Å². The molecule has 1 aliphatic carbocycles. The minimum absolute atomic E-state index is 0.106. The molecule has 1 aliphatic rings. The molecule has 0 heterocycles. The number of carboxylic acids is 1. The molecular weight excluding hydrogens is 380 g/mol. The Morgan fingerprint density at radius 1 is 0.885 bits per heavy atom. The Labute approximate surface area is 160 Å². The average Bonchev–Trinajstić information content (AvgIpc) is 3.46. The second kappa shape index (κ2) is 13.0. The maximum Gasteiger partial charge on any atom is 0.312 e. The highest BCUT2D eigenvalue weighted by atomic mass is 32.2. The number of rotatable bonds is 8. The lowest BCUT2D eigenvalue weighted by atomic mass is 10.5. The third-order valence-corrected chi connectivity index (χ3v) is 6.64. The minimum Gasteiger partial charge on any atom is -0.481 e. The molecule has 2 unspecified atom stereocenters. The van der Waals surface area contributed by atoms with Crippen molar-refractivity contribution >= 4 is 38.0 Å². The number of nitrogens with zero attached hydrogens (tertiary/aromatic N) is 2. The van der Waals surface area contributed by atoms with E-state index >= 15 is 0 Å². The summed E-state index contributed by atoms with van der Waals surface area (Å²) in [5.41, 5.74) is 0. The fourth-order valence-electron chi connectivity index (χ4n) is 1.93. The molecule has 0 spiro atoms. The molecule has 2 amide bonds. The van der Waals surface area contributed by atoms with Gasteiger partial charge < -0.3 is 14.9 Å². The van der Waals surface area contributed by atoms with Crippen LogP contribution in [0.1, 0.15) is 47.0 Å². The van der Waals surface area contributed by atoms with E-state index in [0.717, 1.165) is 12.8 Å². The van der Waals surface area contributed by atoms with Gasteiger partial charge in [-0.05, 0) is 40.5 Å². The van der Waals surface area contributed by atoms with Crippen LogP contribution in [0.25, 0.3) is 0 Å². The molecule has 0 aromatic heterocycles. The van der Waals surface area contributed by atoms with Gasteiger partial charge in [-0.2, -0.15) is 0 Å². The molecule has 26 heavy (non-hydrogen) atoms. The first-order chi connectivity index (χ1) is 12.2. The summed E-state index contributed by atoms with van der Waals surface area (Å²) < 4.78 is 22.6. The second-order valence-corrected chi connectivity index (χ2v) is 8.63. The smallest absolute Gasteiger partial charge is 0.312 e. The Kier molecular flexibility index (Phi) is 12.3. The lowest BCUT2D eigenvalue weighted by molar-refractivity contribution is -0.136. The van der Waals surface area contributed by atoms with Crippen molar-refractivity contribution in [3.8, 4) is 0 Å². The van der Waals surface area contributed by atoms with Gasteiger partial charge in [-0.15, -0.1) is 0 Å². The minimum atomic E-state index is -1.71. The highest BCUT2D eigenvalue weighted by Gasteiger charge is 2.34. The van der Waals surface area contributed by atoms with E-state index in [9.17, 15) is 22.8 Å². The number of amides is 2. The van der Waals surface area contributed by atoms with Crippen LogP contribution in [0.2, 0.25) is 0 Å². The van der Waals surface area contributed by atoms with Crippen molar-refractivity contribution < 1.29 is 27.9 Å². The van der Waals surface area contributed by atoms with Crippen LogP contribution in [0.15, 0.2) is 0 Å². The molecule has 8 nitrogen and oxygen atoms in total. The third kappa shape index (κ3) is 8.88. The van der Waals surface area contributed by atoms with Gasteiger partial charge in [0.2, 0.25) is 0 Å². The predicted octanol–water partition coefficient (Wildman–Crippen LogP) is 2.03. The van der Waals surface area contributed by atoms with Gasteiger partial charge in [-0.1, -0.05) is 0 Å². The van der Waals surface area contributed by atoms with E-state index < -0.39 is 32.8 Å². The quantitative estimate of drug-likeness (QED) is 0.655. The van der Waals surface area contributed by atoms with Gasteiger partial charge in [0, 0.05) is 37.2 Å². The maximum atomic E-state index is 11.4. The van der Waals surface area contributed by atoms with Crippen LogP contribution in [0, 0.1) is 0 Å². The van der Waals surface area contributed by atoms with E-state index in [1.807, 2.05) is 13.8 Å². The number of hydrogen-bond donors (Lipinski definition) is 1. The molecule has 1 rings (SSSR count). The molecule has 0 radical (unpaired) electrons. The molecule has 1 N–H and O–H groups in total. The van der Waals surface area contributed by atoms with E-state index in [1.165, 1.54) is 4.90 Å². The monoisotopic (exact) mass is 410 g/mol. The van der Waals surface area contributed by atoms with E-state index in [-0.39, 0.29) is 22.7 Å². The molecule has 0 aliphatic heterocycles. The van der Waals surface area contributed by atoms with Gasteiger partial charge in [0.15, 0.2) is 0 Å². The highest BCUT2D eigenvalue weighted by Crippen LogP contribution is 2.27. The summed E-state index contributed by atoms with van der Waals surface area (Å²) in [6, 6.07) is 0. The summed E-state index contributed by atoms with van der Waals surface area (Å²) in [5, 5.41) is 7.85. The second-order valence-electron chi connectivity index (χ2n) is 5.57. The van der Waals surface area contributed by atoms with E-state index in [0.29, 0.717) is 26.2 Å². The van der Waals surface area contributed by atoms with Crippen molar-refractivity contribution in [3.05, 3.63) is 0 Å². The molecule has 1 saturated carbocycles. The van der Waals surface area contributed by atoms with Gasteiger partial charge >= 0.3 is 16.4 Å². The van der Waals surface area contributed by atoms with Crippen LogP contribution >= 0.6 is 0 Å². The van der Waals surface area contributed by atoms with Crippen molar-refractivity contribution in [2.45, 2.75) is 52.2 Å². The molecule has 0 aromatic rings. The number of carbonyl (C=O) groups excluding carboxylic acids is 2. The molecule has 152 valence electrons. The lowest BCUT2D eigenvalue weighted by Gasteiger charge is -2.17.